The van der Waals surface area contributed by atoms with Crippen molar-refractivity contribution in [3.8, 4) is 0 Å². The summed E-state index contributed by atoms with van der Waals surface area (Å²) >= 11 is 0. The first-order chi connectivity index (χ1) is 8.95. The quantitative estimate of drug-likeness (QED) is 0.780. The largest absolute Gasteiger partial charge is 0.314 e. The molecule has 0 aromatic carbocycles. The van der Waals surface area contributed by atoms with Gasteiger partial charge in [0.25, 0.3) is 0 Å². The van der Waals surface area contributed by atoms with Crippen LogP contribution in [0.25, 0.3) is 0 Å². The van der Waals surface area contributed by atoms with E-state index in [1.54, 1.807) is 0 Å². The van der Waals surface area contributed by atoms with Crippen LogP contribution in [0.1, 0.15) is 57.5 Å². The van der Waals surface area contributed by atoms with Gasteiger partial charge in [-0.25, -0.2) is 0 Å². The standard InChI is InChI=1S/C16H31N3/c1-7-8-9-19-15(6)16(14(5)18-19)10-13(4)11-17-12(2)3/h12-13,17H,7-11H2,1-6H3. The third-order valence-corrected chi connectivity index (χ3v) is 3.68. The van der Waals surface area contributed by atoms with Gasteiger partial charge in [0.2, 0.25) is 0 Å². The fourth-order valence-electron chi connectivity index (χ4n) is 2.41. The van der Waals surface area contributed by atoms with Crippen LogP contribution in [0.5, 0.6) is 0 Å². The molecule has 0 saturated carbocycles. The van der Waals surface area contributed by atoms with E-state index in [2.05, 4.69) is 51.5 Å². The van der Waals surface area contributed by atoms with Crippen molar-refractivity contribution in [2.24, 2.45) is 5.92 Å². The highest BCUT2D eigenvalue weighted by Crippen LogP contribution is 2.18. The average molecular weight is 265 g/mol. The maximum atomic E-state index is 4.69. The predicted molar refractivity (Wildman–Crippen MR) is 82.6 cm³/mol. The number of hydrogen-bond donors (Lipinski definition) is 1. The lowest BCUT2D eigenvalue weighted by Crippen LogP contribution is -2.28. The summed E-state index contributed by atoms with van der Waals surface area (Å²) in [6, 6.07) is 0.567. The summed E-state index contributed by atoms with van der Waals surface area (Å²) in [7, 11) is 0. The van der Waals surface area contributed by atoms with Gasteiger partial charge in [0.1, 0.15) is 0 Å². The van der Waals surface area contributed by atoms with Gasteiger partial charge in [-0.1, -0.05) is 34.1 Å². The van der Waals surface area contributed by atoms with Crippen LogP contribution in [0.15, 0.2) is 0 Å². The van der Waals surface area contributed by atoms with Crippen molar-refractivity contribution in [3.63, 3.8) is 0 Å². The third-order valence-electron chi connectivity index (χ3n) is 3.68. The van der Waals surface area contributed by atoms with Crippen LogP contribution >= 0.6 is 0 Å². The Kier molecular flexibility index (Phi) is 6.56. The van der Waals surface area contributed by atoms with Crippen molar-refractivity contribution in [1.82, 2.24) is 15.1 Å². The fraction of sp³-hybridized carbons (Fsp3) is 0.812. The lowest BCUT2D eigenvalue weighted by Gasteiger charge is -2.15. The lowest BCUT2D eigenvalue weighted by molar-refractivity contribution is 0.474. The van der Waals surface area contributed by atoms with Crippen molar-refractivity contribution < 1.29 is 0 Å². The number of nitrogens with zero attached hydrogens (tertiary/aromatic N) is 2. The second-order valence-corrected chi connectivity index (χ2v) is 6.10. The van der Waals surface area contributed by atoms with Crippen LogP contribution in [0, 0.1) is 19.8 Å². The van der Waals surface area contributed by atoms with Gasteiger partial charge in [-0.15, -0.1) is 0 Å². The van der Waals surface area contributed by atoms with E-state index in [1.807, 2.05) is 0 Å². The topological polar surface area (TPSA) is 29.9 Å². The van der Waals surface area contributed by atoms with E-state index in [1.165, 1.54) is 29.8 Å². The van der Waals surface area contributed by atoms with E-state index in [0.29, 0.717) is 12.0 Å². The highest BCUT2D eigenvalue weighted by molar-refractivity contribution is 5.25. The van der Waals surface area contributed by atoms with E-state index in [4.69, 9.17) is 5.10 Å². The van der Waals surface area contributed by atoms with Crippen LogP contribution in [-0.4, -0.2) is 22.4 Å². The molecule has 0 fully saturated rings. The highest BCUT2D eigenvalue weighted by Gasteiger charge is 2.14. The zero-order valence-corrected chi connectivity index (χ0v) is 13.6. The average Bonchev–Trinajstić information content (AvgIpc) is 2.61. The summed E-state index contributed by atoms with van der Waals surface area (Å²) in [4.78, 5) is 0. The molecule has 1 unspecified atom stereocenters. The van der Waals surface area contributed by atoms with Crippen LogP contribution in [0.2, 0.25) is 0 Å². The van der Waals surface area contributed by atoms with Gasteiger partial charge in [-0.3, -0.25) is 4.68 Å². The van der Waals surface area contributed by atoms with Gasteiger partial charge in [0.05, 0.1) is 5.69 Å². The van der Waals surface area contributed by atoms with Gasteiger partial charge in [0.15, 0.2) is 0 Å². The molecular formula is C16H31N3. The molecule has 3 heteroatoms. The third kappa shape index (κ3) is 4.98. The summed E-state index contributed by atoms with van der Waals surface area (Å²) < 4.78 is 2.19. The Morgan fingerprint density at radius 1 is 1.21 bits per heavy atom. The highest BCUT2D eigenvalue weighted by atomic mass is 15.3. The van der Waals surface area contributed by atoms with Crippen LogP contribution in [-0.2, 0) is 13.0 Å². The summed E-state index contributed by atoms with van der Waals surface area (Å²) in [6.45, 7) is 15.4. The Hall–Kier alpha value is -0.830. The van der Waals surface area contributed by atoms with E-state index in [9.17, 15) is 0 Å². The monoisotopic (exact) mass is 265 g/mol. The second-order valence-electron chi connectivity index (χ2n) is 6.10. The number of unbranched alkanes of at least 4 members (excludes halogenated alkanes) is 1. The minimum atomic E-state index is 0.567. The van der Waals surface area contributed by atoms with Crippen molar-refractivity contribution in [2.75, 3.05) is 6.54 Å². The first kappa shape index (κ1) is 16.2. The number of nitrogens with one attached hydrogen (secondary N) is 1. The normalized spacial score (nSPS) is 13.2. The molecular weight excluding hydrogens is 234 g/mol. The van der Waals surface area contributed by atoms with Crippen molar-refractivity contribution in [2.45, 2.75) is 73.4 Å². The van der Waals surface area contributed by atoms with E-state index >= 15 is 0 Å². The predicted octanol–water partition coefficient (Wildman–Crippen LogP) is 3.48. The van der Waals surface area contributed by atoms with E-state index < -0.39 is 0 Å². The Labute approximate surface area is 118 Å². The molecule has 0 aliphatic heterocycles. The van der Waals surface area contributed by atoms with Gasteiger partial charge in [0, 0.05) is 18.3 Å². The molecule has 0 spiro atoms. The summed E-state index contributed by atoms with van der Waals surface area (Å²) in [5, 5.41) is 8.21. The second kappa shape index (κ2) is 7.68. The zero-order valence-electron chi connectivity index (χ0n) is 13.6. The minimum absolute atomic E-state index is 0.567. The van der Waals surface area contributed by atoms with E-state index in [0.717, 1.165) is 19.5 Å². The van der Waals surface area contributed by atoms with Gasteiger partial charge in [-0.2, -0.15) is 5.10 Å². The molecule has 19 heavy (non-hydrogen) atoms. The molecule has 0 amide bonds. The van der Waals surface area contributed by atoms with Gasteiger partial charge < -0.3 is 5.32 Å². The van der Waals surface area contributed by atoms with Crippen molar-refractivity contribution >= 4 is 0 Å². The molecule has 0 bridgehead atoms. The van der Waals surface area contributed by atoms with Crippen LogP contribution in [0.3, 0.4) is 0 Å². The molecule has 1 heterocycles. The van der Waals surface area contributed by atoms with Crippen LogP contribution < -0.4 is 5.32 Å². The Morgan fingerprint density at radius 2 is 1.89 bits per heavy atom. The molecule has 1 aromatic rings. The fourth-order valence-corrected chi connectivity index (χ4v) is 2.41. The first-order valence-electron chi connectivity index (χ1n) is 7.71. The maximum absolute atomic E-state index is 4.69. The lowest BCUT2D eigenvalue weighted by atomic mass is 9.99. The maximum Gasteiger partial charge on any atom is 0.0628 e. The van der Waals surface area contributed by atoms with Gasteiger partial charge in [-0.05, 0) is 44.7 Å². The van der Waals surface area contributed by atoms with Gasteiger partial charge >= 0.3 is 0 Å². The zero-order chi connectivity index (χ0) is 14.4. The first-order valence-corrected chi connectivity index (χ1v) is 7.71. The number of hydrogen-bond acceptors (Lipinski definition) is 2. The van der Waals surface area contributed by atoms with Crippen LogP contribution in [0.4, 0.5) is 0 Å². The molecule has 0 aliphatic carbocycles. The Morgan fingerprint density at radius 3 is 2.47 bits per heavy atom. The Balaban J connectivity index is 2.64. The molecule has 1 atom stereocenters. The number of rotatable bonds is 8. The molecule has 3 nitrogen and oxygen atoms in total. The van der Waals surface area contributed by atoms with Crippen molar-refractivity contribution in [1.29, 1.82) is 0 Å². The smallest absolute Gasteiger partial charge is 0.0628 e. The Bertz CT molecular complexity index is 380. The minimum Gasteiger partial charge on any atom is -0.314 e. The van der Waals surface area contributed by atoms with Crippen molar-refractivity contribution in [3.05, 3.63) is 17.0 Å². The number of aryl methyl sites for hydroxylation is 2. The molecule has 1 rings (SSSR count). The molecule has 110 valence electrons. The molecule has 1 N–H and O–H groups in total. The summed E-state index contributed by atoms with van der Waals surface area (Å²) in [5.41, 5.74) is 4.03. The summed E-state index contributed by atoms with van der Waals surface area (Å²) in [6.07, 6.45) is 3.57. The van der Waals surface area contributed by atoms with E-state index in [-0.39, 0.29) is 0 Å². The molecule has 0 aliphatic rings. The molecule has 1 aromatic heterocycles. The SMILES string of the molecule is CCCCn1nc(C)c(CC(C)CNC(C)C)c1C. The summed E-state index contributed by atoms with van der Waals surface area (Å²) in [5.74, 6) is 0.656. The number of aromatic nitrogens is 2. The molecule has 0 radical (unpaired) electrons. The molecule has 0 saturated heterocycles.